The van der Waals surface area contributed by atoms with Gasteiger partial charge in [0.1, 0.15) is 0 Å². The molecule has 0 bridgehead atoms. The molecule has 3 aliphatic rings. The van der Waals surface area contributed by atoms with Crippen LogP contribution < -0.4 is 0 Å². The van der Waals surface area contributed by atoms with Crippen molar-refractivity contribution in [3.63, 3.8) is 0 Å². The lowest BCUT2D eigenvalue weighted by Gasteiger charge is -2.24. The van der Waals surface area contributed by atoms with Crippen LogP contribution in [0.2, 0.25) is 26.2 Å². The lowest BCUT2D eigenvalue weighted by atomic mass is 9.89. The molecule has 0 aromatic heterocycles. The first-order chi connectivity index (χ1) is 12.1. The molecule has 0 radical (unpaired) electrons. The Morgan fingerprint density at radius 3 is 1.92 bits per heavy atom. The van der Waals surface area contributed by atoms with Crippen LogP contribution in [0.4, 0.5) is 0 Å². The maximum absolute atomic E-state index is 2.59. The minimum absolute atomic E-state index is 0.547. The standard InChI is InChI=1S/C24H36Si2/c1-15-16(2)18(4)24(17(15)3)20-11-10-12-22(20)25(6)21-13-14-23(19(21)5)26(7,8)9/h10-11,14,24-25H,12-13H2,1-9H3. The van der Waals surface area contributed by atoms with Crippen LogP contribution in [0.25, 0.3) is 0 Å². The van der Waals surface area contributed by atoms with Crippen molar-refractivity contribution in [2.45, 2.75) is 73.6 Å². The molecule has 3 aliphatic carbocycles. The number of hydrogen-bond donors (Lipinski definition) is 0. The van der Waals surface area contributed by atoms with E-state index in [1.165, 1.54) is 24.0 Å². The molecule has 140 valence electrons. The Labute approximate surface area is 163 Å². The Bertz CT molecular complexity index is 808. The minimum atomic E-state index is -1.22. The Hall–Kier alpha value is -1.13. The van der Waals surface area contributed by atoms with Crippen molar-refractivity contribution in [1.29, 1.82) is 0 Å². The van der Waals surface area contributed by atoms with Gasteiger partial charge in [0.25, 0.3) is 0 Å². The molecule has 0 amide bonds. The molecule has 1 unspecified atom stereocenters. The zero-order valence-corrected chi connectivity index (χ0v) is 20.5. The highest BCUT2D eigenvalue weighted by molar-refractivity contribution is 6.84. The fourth-order valence-corrected chi connectivity index (χ4v) is 10.4. The number of hydrogen-bond acceptors (Lipinski definition) is 0. The zero-order chi connectivity index (χ0) is 19.4. The fourth-order valence-electron chi connectivity index (χ4n) is 5.33. The van der Waals surface area contributed by atoms with Crippen molar-refractivity contribution < 1.29 is 0 Å². The highest BCUT2D eigenvalue weighted by Crippen LogP contribution is 2.45. The van der Waals surface area contributed by atoms with Crippen LogP contribution in [0.1, 0.15) is 47.5 Å². The predicted molar refractivity (Wildman–Crippen MR) is 123 cm³/mol. The van der Waals surface area contributed by atoms with Crippen LogP contribution in [0, 0.1) is 5.92 Å². The van der Waals surface area contributed by atoms with Gasteiger partial charge in [0.15, 0.2) is 0 Å². The minimum Gasteiger partial charge on any atom is -0.0813 e. The average Bonchev–Trinajstić information content (AvgIpc) is 3.22. The van der Waals surface area contributed by atoms with E-state index in [2.05, 4.69) is 79.0 Å². The normalized spacial score (nSPS) is 23.2. The number of allylic oxidation sites excluding steroid dienone is 12. The Balaban J connectivity index is 2.00. The molecule has 0 heterocycles. The molecule has 1 atom stereocenters. The summed E-state index contributed by atoms with van der Waals surface area (Å²) in [6, 6.07) is 0. The summed E-state index contributed by atoms with van der Waals surface area (Å²) in [5.74, 6) is 0.547. The van der Waals surface area contributed by atoms with Crippen LogP contribution in [0.5, 0.6) is 0 Å². The van der Waals surface area contributed by atoms with E-state index in [1.807, 2.05) is 5.20 Å². The van der Waals surface area contributed by atoms with Gasteiger partial charge in [-0.05, 0) is 64.2 Å². The fraction of sp³-hybridized carbons (Fsp3) is 0.500. The maximum atomic E-state index is 2.59. The van der Waals surface area contributed by atoms with Gasteiger partial charge in [-0.3, -0.25) is 0 Å². The van der Waals surface area contributed by atoms with E-state index in [0.29, 0.717) is 5.92 Å². The maximum Gasteiger partial charge on any atom is 0.0911 e. The molecule has 2 heteroatoms. The molecule has 0 fully saturated rings. The third kappa shape index (κ3) is 3.05. The Morgan fingerprint density at radius 2 is 1.42 bits per heavy atom. The third-order valence-corrected chi connectivity index (χ3v) is 12.7. The van der Waals surface area contributed by atoms with E-state index < -0.39 is 16.9 Å². The summed E-state index contributed by atoms with van der Waals surface area (Å²) < 4.78 is 0. The summed E-state index contributed by atoms with van der Waals surface area (Å²) in [5.41, 5.74) is 9.52. The van der Waals surface area contributed by atoms with E-state index in [-0.39, 0.29) is 0 Å². The lowest BCUT2D eigenvalue weighted by molar-refractivity contribution is 0.865. The van der Waals surface area contributed by atoms with Crippen molar-refractivity contribution in [2.24, 2.45) is 5.92 Å². The van der Waals surface area contributed by atoms with Crippen molar-refractivity contribution >= 4 is 16.9 Å². The van der Waals surface area contributed by atoms with Crippen molar-refractivity contribution in [2.75, 3.05) is 0 Å². The molecule has 3 rings (SSSR count). The Kier molecular flexibility index (Phi) is 5.13. The number of rotatable bonds is 4. The molecule has 0 nitrogen and oxygen atoms in total. The van der Waals surface area contributed by atoms with E-state index in [0.717, 1.165) is 0 Å². The molecule has 0 saturated carbocycles. The third-order valence-electron chi connectivity index (χ3n) is 7.19. The quantitative estimate of drug-likeness (QED) is 0.460. The highest BCUT2D eigenvalue weighted by atomic mass is 28.3. The van der Waals surface area contributed by atoms with Crippen LogP contribution in [0.3, 0.4) is 0 Å². The van der Waals surface area contributed by atoms with Crippen molar-refractivity contribution in [3.05, 3.63) is 67.3 Å². The monoisotopic (exact) mass is 380 g/mol. The first-order valence-corrected chi connectivity index (χ1v) is 16.0. The predicted octanol–water partition coefficient (Wildman–Crippen LogP) is 7.00. The van der Waals surface area contributed by atoms with Crippen molar-refractivity contribution in [1.82, 2.24) is 0 Å². The van der Waals surface area contributed by atoms with Gasteiger partial charge >= 0.3 is 0 Å². The molecule has 0 spiro atoms. The Morgan fingerprint density at radius 1 is 0.846 bits per heavy atom. The SMILES string of the molecule is CC1=C(C)C(C2=C([SiH](C)C3=C(C)C([Si](C)(C)C)=CC3)CC=C2)C(C)=C1C. The molecule has 0 aliphatic heterocycles. The summed E-state index contributed by atoms with van der Waals surface area (Å²) in [7, 11) is -2.28. The van der Waals surface area contributed by atoms with Crippen LogP contribution in [-0.4, -0.2) is 16.9 Å². The average molecular weight is 381 g/mol. The van der Waals surface area contributed by atoms with Crippen molar-refractivity contribution in [3.8, 4) is 0 Å². The van der Waals surface area contributed by atoms with E-state index in [9.17, 15) is 0 Å². The molecule has 0 aromatic carbocycles. The van der Waals surface area contributed by atoms with E-state index >= 15 is 0 Å². The molecule has 26 heavy (non-hydrogen) atoms. The smallest absolute Gasteiger partial charge is 0.0813 e. The summed E-state index contributed by atoms with van der Waals surface area (Å²) >= 11 is 0. The van der Waals surface area contributed by atoms with Gasteiger partial charge < -0.3 is 0 Å². The summed E-state index contributed by atoms with van der Waals surface area (Å²) in [5, 5.41) is 5.34. The van der Waals surface area contributed by atoms with Crippen LogP contribution >= 0.6 is 0 Å². The second-order valence-electron chi connectivity index (χ2n) is 9.58. The zero-order valence-electron chi connectivity index (χ0n) is 18.3. The van der Waals surface area contributed by atoms with Gasteiger partial charge in [-0.2, -0.15) is 0 Å². The molecule has 0 aromatic rings. The van der Waals surface area contributed by atoms with Gasteiger partial charge in [0.05, 0.1) is 16.9 Å². The van der Waals surface area contributed by atoms with Crippen LogP contribution in [0.15, 0.2) is 67.3 Å². The van der Waals surface area contributed by atoms with Gasteiger partial charge in [-0.25, -0.2) is 0 Å². The largest absolute Gasteiger partial charge is 0.0911 e. The lowest BCUT2D eigenvalue weighted by Crippen LogP contribution is -2.25. The topological polar surface area (TPSA) is 0 Å². The molecular formula is C24H36Si2. The summed E-state index contributed by atoms with van der Waals surface area (Å²) in [6.45, 7) is 21.8. The summed E-state index contributed by atoms with van der Waals surface area (Å²) in [4.78, 5) is 0. The first kappa shape index (κ1) is 19.6. The van der Waals surface area contributed by atoms with Gasteiger partial charge in [0.2, 0.25) is 0 Å². The van der Waals surface area contributed by atoms with E-state index in [1.54, 1.807) is 32.7 Å². The van der Waals surface area contributed by atoms with Gasteiger partial charge in [-0.1, -0.05) is 76.7 Å². The molecular weight excluding hydrogens is 344 g/mol. The second-order valence-corrected chi connectivity index (χ2v) is 17.5. The van der Waals surface area contributed by atoms with Crippen LogP contribution in [-0.2, 0) is 0 Å². The van der Waals surface area contributed by atoms with E-state index in [4.69, 9.17) is 0 Å². The van der Waals surface area contributed by atoms with Gasteiger partial charge in [0, 0.05) is 5.92 Å². The molecule has 0 saturated heterocycles. The van der Waals surface area contributed by atoms with Gasteiger partial charge in [-0.15, -0.1) is 0 Å². The highest BCUT2D eigenvalue weighted by Gasteiger charge is 2.34. The molecule has 0 N–H and O–H groups in total. The second kappa shape index (κ2) is 6.80. The first-order valence-electron chi connectivity index (χ1n) is 10.2. The summed E-state index contributed by atoms with van der Waals surface area (Å²) in [6.07, 6.45) is 9.87.